The van der Waals surface area contributed by atoms with Crippen LogP contribution in [0.2, 0.25) is 0 Å². The van der Waals surface area contributed by atoms with Crippen molar-refractivity contribution < 1.29 is 8.42 Å². The lowest BCUT2D eigenvalue weighted by atomic mass is 10.3. The highest BCUT2D eigenvalue weighted by molar-refractivity contribution is 7.93. The number of nitrogens with zero attached hydrogens (tertiary/aromatic N) is 1. The molecule has 0 fully saturated rings. The fourth-order valence-corrected chi connectivity index (χ4v) is 2.90. The van der Waals surface area contributed by atoms with E-state index in [9.17, 15) is 8.42 Å². The molecule has 1 unspecified atom stereocenters. The van der Waals surface area contributed by atoms with Gasteiger partial charge in [0.2, 0.25) is 10.0 Å². The highest BCUT2D eigenvalue weighted by Crippen LogP contribution is 2.22. The largest absolute Gasteiger partial charge is 0.309 e. The zero-order valence-corrected chi connectivity index (χ0v) is 12.2. The Kier molecular flexibility index (Phi) is 4.91. The number of sulfonamides is 1. The fourth-order valence-electron chi connectivity index (χ4n) is 1.18. The molecule has 1 rings (SSSR count). The Morgan fingerprint density at radius 1 is 1.41 bits per heavy atom. The first-order valence-electron chi connectivity index (χ1n) is 5.57. The quantitative estimate of drug-likeness (QED) is 0.834. The summed E-state index contributed by atoms with van der Waals surface area (Å²) in [6, 6.07) is 0.133. The van der Waals surface area contributed by atoms with E-state index >= 15 is 0 Å². The van der Waals surface area contributed by atoms with Crippen molar-refractivity contribution in [3.8, 4) is 0 Å². The number of hydrogen-bond acceptors (Lipinski definition) is 5. The Bertz CT molecular complexity index is 454. The fraction of sp³-hybridized carbons (Fsp3) is 0.700. The van der Waals surface area contributed by atoms with Gasteiger partial charge in [-0.05, 0) is 27.3 Å². The molecule has 0 saturated carbocycles. The minimum atomic E-state index is -3.30. The van der Waals surface area contributed by atoms with Gasteiger partial charge < -0.3 is 5.32 Å². The van der Waals surface area contributed by atoms with E-state index in [2.05, 4.69) is 15.0 Å². The van der Waals surface area contributed by atoms with Gasteiger partial charge in [0.1, 0.15) is 0 Å². The number of hydrogen-bond donors (Lipinski definition) is 2. The first kappa shape index (κ1) is 14.4. The molecular weight excluding hydrogens is 258 g/mol. The molecule has 17 heavy (non-hydrogen) atoms. The van der Waals surface area contributed by atoms with Crippen LogP contribution in [-0.4, -0.2) is 25.2 Å². The van der Waals surface area contributed by atoms with E-state index in [-0.39, 0.29) is 6.04 Å². The molecule has 0 spiro atoms. The number of anilines is 1. The maximum atomic E-state index is 11.6. The maximum absolute atomic E-state index is 11.6. The minimum absolute atomic E-state index is 0.133. The van der Waals surface area contributed by atoms with Crippen LogP contribution in [0.1, 0.15) is 39.4 Å². The van der Waals surface area contributed by atoms with Crippen LogP contribution in [0.25, 0.3) is 0 Å². The van der Waals surface area contributed by atoms with E-state index in [0.29, 0.717) is 5.13 Å². The van der Waals surface area contributed by atoms with Gasteiger partial charge in [-0.2, -0.15) is 0 Å². The van der Waals surface area contributed by atoms with Gasteiger partial charge >= 0.3 is 0 Å². The average Bonchev–Trinajstić information content (AvgIpc) is 2.65. The van der Waals surface area contributed by atoms with Crippen LogP contribution in [-0.2, 0) is 10.0 Å². The molecule has 7 heteroatoms. The van der Waals surface area contributed by atoms with Crippen LogP contribution in [0.15, 0.2) is 5.38 Å². The lowest BCUT2D eigenvalue weighted by Crippen LogP contribution is -2.22. The first-order chi connectivity index (χ1) is 7.86. The van der Waals surface area contributed by atoms with Crippen molar-refractivity contribution in [3.05, 3.63) is 11.1 Å². The second kappa shape index (κ2) is 5.79. The van der Waals surface area contributed by atoms with Crippen molar-refractivity contribution in [2.24, 2.45) is 0 Å². The van der Waals surface area contributed by atoms with E-state index in [0.717, 1.165) is 12.2 Å². The van der Waals surface area contributed by atoms with Gasteiger partial charge in [0.05, 0.1) is 10.9 Å². The van der Waals surface area contributed by atoms with E-state index < -0.39 is 15.3 Å². The topological polar surface area (TPSA) is 71.1 Å². The monoisotopic (exact) mass is 277 g/mol. The molecule has 0 aliphatic rings. The Hall–Kier alpha value is -0.660. The molecule has 0 saturated heterocycles. The van der Waals surface area contributed by atoms with Gasteiger partial charge in [-0.25, -0.2) is 13.4 Å². The van der Waals surface area contributed by atoms with Crippen LogP contribution in [0.5, 0.6) is 0 Å². The van der Waals surface area contributed by atoms with Crippen LogP contribution in [0.4, 0.5) is 5.13 Å². The molecular formula is C10H19N3O2S2. The zero-order valence-electron chi connectivity index (χ0n) is 10.5. The van der Waals surface area contributed by atoms with E-state index in [1.165, 1.54) is 11.3 Å². The normalized spacial score (nSPS) is 13.9. The van der Waals surface area contributed by atoms with E-state index in [1.54, 1.807) is 13.8 Å². The molecule has 1 aromatic rings. The average molecular weight is 277 g/mol. The molecule has 0 aromatic carbocycles. The summed E-state index contributed by atoms with van der Waals surface area (Å²) >= 11 is 1.31. The molecule has 0 amide bonds. The standard InChI is InChI=1S/C10H19N3O2S2/c1-5-11-8(4)9-6-16-10(12-9)13-17(14,15)7(2)3/h6-8,11H,5H2,1-4H3,(H,12,13). The van der Waals surface area contributed by atoms with Crippen molar-refractivity contribution >= 4 is 26.5 Å². The Labute approximate surface area is 107 Å². The SMILES string of the molecule is CCNC(C)c1csc(NS(=O)(=O)C(C)C)n1. The predicted octanol–water partition coefficient (Wildman–Crippen LogP) is 1.96. The Morgan fingerprint density at radius 3 is 2.59 bits per heavy atom. The van der Waals surface area contributed by atoms with Crippen molar-refractivity contribution in [2.45, 2.75) is 39.0 Å². The Balaban J connectivity index is 2.76. The van der Waals surface area contributed by atoms with Crippen LogP contribution >= 0.6 is 11.3 Å². The van der Waals surface area contributed by atoms with Gasteiger partial charge in [0.25, 0.3) is 0 Å². The molecule has 0 radical (unpaired) electrons. The van der Waals surface area contributed by atoms with Crippen LogP contribution < -0.4 is 10.0 Å². The molecule has 5 nitrogen and oxygen atoms in total. The third-order valence-electron chi connectivity index (χ3n) is 2.33. The van der Waals surface area contributed by atoms with Gasteiger partial charge in [-0.1, -0.05) is 6.92 Å². The summed E-state index contributed by atoms with van der Waals surface area (Å²) < 4.78 is 25.8. The Morgan fingerprint density at radius 2 is 2.06 bits per heavy atom. The third kappa shape index (κ3) is 3.93. The minimum Gasteiger partial charge on any atom is -0.309 e. The summed E-state index contributed by atoms with van der Waals surface area (Å²) in [6.07, 6.45) is 0. The lowest BCUT2D eigenvalue weighted by Gasteiger charge is -2.09. The smallest absolute Gasteiger partial charge is 0.236 e. The van der Waals surface area contributed by atoms with Crippen LogP contribution in [0, 0.1) is 0 Å². The van der Waals surface area contributed by atoms with Gasteiger partial charge in [0, 0.05) is 11.4 Å². The number of thiazole rings is 1. The van der Waals surface area contributed by atoms with Crippen LogP contribution in [0.3, 0.4) is 0 Å². The summed E-state index contributed by atoms with van der Waals surface area (Å²) in [5.74, 6) is 0. The summed E-state index contributed by atoms with van der Waals surface area (Å²) in [7, 11) is -3.30. The second-order valence-electron chi connectivity index (χ2n) is 4.05. The highest BCUT2D eigenvalue weighted by atomic mass is 32.2. The molecule has 0 aliphatic carbocycles. The van der Waals surface area contributed by atoms with Crippen molar-refractivity contribution in [3.63, 3.8) is 0 Å². The van der Waals surface area contributed by atoms with Crippen molar-refractivity contribution in [1.82, 2.24) is 10.3 Å². The van der Waals surface area contributed by atoms with Crippen molar-refractivity contribution in [2.75, 3.05) is 11.3 Å². The van der Waals surface area contributed by atoms with Gasteiger partial charge in [-0.15, -0.1) is 11.3 Å². The van der Waals surface area contributed by atoms with E-state index in [4.69, 9.17) is 0 Å². The summed E-state index contributed by atoms with van der Waals surface area (Å²) in [5.41, 5.74) is 0.860. The van der Waals surface area contributed by atoms with Gasteiger partial charge in [-0.3, -0.25) is 4.72 Å². The van der Waals surface area contributed by atoms with Gasteiger partial charge in [0.15, 0.2) is 5.13 Å². The molecule has 1 heterocycles. The zero-order chi connectivity index (χ0) is 13.1. The van der Waals surface area contributed by atoms with E-state index in [1.807, 2.05) is 19.2 Å². The lowest BCUT2D eigenvalue weighted by molar-refractivity contribution is 0.585. The summed E-state index contributed by atoms with van der Waals surface area (Å²) in [6.45, 7) is 8.15. The number of aromatic nitrogens is 1. The highest BCUT2D eigenvalue weighted by Gasteiger charge is 2.18. The molecule has 2 N–H and O–H groups in total. The number of rotatable bonds is 6. The van der Waals surface area contributed by atoms with Crippen molar-refractivity contribution in [1.29, 1.82) is 0 Å². The molecule has 0 bridgehead atoms. The summed E-state index contributed by atoms with van der Waals surface area (Å²) in [4.78, 5) is 4.26. The summed E-state index contributed by atoms with van der Waals surface area (Å²) in [5, 5.41) is 5.07. The first-order valence-corrected chi connectivity index (χ1v) is 7.99. The number of nitrogens with one attached hydrogen (secondary N) is 2. The predicted molar refractivity (Wildman–Crippen MR) is 71.9 cm³/mol. The molecule has 1 aromatic heterocycles. The maximum Gasteiger partial charge on any atom is 0.236 e. The molecule has 0 aliphatic heterocycles. The second-order valence-corrected chi connectivity index (χ2v) is 7.15. The molecule has 1 atom stereocenters. The third-order valence-corrected chi connectivity index (χ3v) is 4.95. The molecule has 98 valence electrons.